The summed E-state index contributed by atoms with van der Waals surface area (Å²) in [5.41, 5.74) is 5.23. The van der Waals surface area contributed by atoms with Crippen LogP contribution in [0.25, 0.3) is 0 Å². The van der Waals surface area contributed by atoms with Crippen molar-refractivity contribution in [3.05, 3.63) is 0 Å². The monoisotopic (exact) mass is 272 g/mol. The Hall–Kier alpha value is -1.14. The molecule has 1 saturated heterocycles. The number of hydrogen-bond donors (Lipinski definition) is 2. The van der Waals surface area contributed by atoms with Crippen LogP contribution in [0.4, 0.5) is 0 Å². The van der Waals surface area contributed by atoms with Gasteiger partial charge in [-0.25, -0.2) is 4.79 Å². The molecule has 1 aliphatic heterocycles. The van der Waals surface area contributed by atoms with Gasteiger partial charge in [0.05, 0.1) is 11.6 Å². The lowest BCUT2D eigenvalue weighted by atomic mass is 9.94. The molecule has 0 bridgehead atoms. The van der Waals surface area contributed by atoms with E-state index in [2.05, 4.69) is 0 Å². The molecular weight excluding hydrogens is 248 g/mol. The molecule has 1 heterocycles. The van der Waals surface area contributed by atoms with E-state index in [1.54, 1.807) is 11.8 Å². The van der Waals surface area contributed by atoms with Crippen molar-refractivity contribution in [2.45, 2.75) is 51.2 Å². The number of hydrogen-bond acceptors (Lipinski definition) is 4. The van der Waals surface area contributed by atoms with Crippen LogP contribution >= 0.6 is 0 Å². The molecular formula is C13H24N2O4. The van der Waals surface area contributed by atoms with E-state index in [-0.39, 0.29) is 18.6 Å². The number of piperidine rings is 1. The summed E-state index contributed by atoms with van der Waals surface area (Å²) in [4.78, 5) is 24.4. The summed E-state index contributed by atoms with van der Waals surface area (Å²) >= 11 is 0. The second kappa shape index (κ2) is 6.86. The Kier molecular flexibility index (Phi) is 5.75. The maximum Gasteiger partial charge on any atom is 0.329 e. The predicted octanol–water partition coefficient (Wildman–Crippen LogP) is 0.596. The van der Waals surface area contributed by atoms with E-state index in [4.69, 9.17) is 15.6 Å². The fraction of sp³-hybridized carbons (Fsp3) is 0.846. The largest absolute Gasteiger partial charge is 0.480 e. The molecule has 1 unspecified atom stereocenters. The van der Waals surface area contributed by atoms with Crippen LogP contribution in [0.5, 0.6) is 0 Å². The highest BCUT2D eigenvalue weighted by molar-refractivity contribution is 5.85. The van der Waals surface area contributed by atoms with Gasteiger partial charge in [0, 0.05) is 13.1 Å². The van der Waals surface area contributed by atoms with Crippen LogP contribution in [0.1, 0.15) is 39.5 Å². The summed E-state index contributed by atoms with van der Waals surface area (Å²) < 4.78 is 5.24. The van der Waals surface area contributed by atoms with Gasteiger partial charge in [-0.2, -0.15) is 0 Å². The smallest absolute Gasteiger partial charge is 0.329 e. The molecule has 1 rings (SSSR count). The normalized spacial score (nSPS) is 20.1. The predicted molar refractivity (Wildman–Crippen MR) is 70.7 cm³/mol. The van der Waals surface area contributed by atoms with Crippen molar-refractivity contribution in [2.75, 3.05) is 19.7 Å². The van der Waals surface area contributed by atoms with Crippen molar-refractivity contribution in [3.8, 4) is 0 Å². The number of carbonyl (C=O) groups excluding carboxylic acids is 1. The number of likely N-dealkylation sites (tertiary alicyclic amines) is 1. The fourth-order valence-electron chi connectivity index (χ4n) is 2.40. The summed E-state index contributed by atoms with van der Waals surface area (Å²) in [5, 5.41) is 8.54. The van der Waals surface area contributed by atoms with Crippen LogP contribution in [0.3, 0.4) is 0 Å². The topological polar surface area (TPSA) is 92.9 Å². The fourth-order valence-corrected chi connectivity index (χ4v) is 2.40. The molecule has 0 aromatic heterocycles. The number of ether oxygens (including phenoxy) is 1. The first-order chi connectivity index (χ1) is 8.86. The van der Waals surface area contributed by atoms with Gasteiger partial charge in [0.1, 0.15) is 6.61 Å². The number of amides is 1. The Morgan fingerprint density at radius 3 is 2.47 bits per heavy atom. The molecule has 110 valence electrons. The number of carboxylic acid groups (broad SMARTS) is 1. The highest BCUT2D eigenvalue weighted by atomic mass is 16.5. The van der Waals surface area contributed by atoms with Crippen LogP contribution in [0.15, 0.2) is 0 Å². The first-order valence-electron chi connectivity index (χ1n) is 6.78. The highest BCUT2D eigenvalue weighted by Gasteiger charge is 2.34. The highest BCUT2D eigenvalue weighted by Crippen LogP contribution is 2.19. The number of rotatable bonds is 6. The maximum atomic E-state index is 12.2. The number of aliphatic carboxylic acids is 1. The molecule has 0 spiro atoms. The van der Waals surface area contributed by atoms with Gasteiger partial charge in [-0.05, 0) is 26.2 Å². The lowest BCUT2D eigenvalue weighted by Gasteiger charge is -2.36. The third kappa shape index (κ3) is 4.80. The third-order valence-corrected chi connectivity index (χ3v) is 3.43. The number of carbonyl (C=O) groups is 2. The summed E-state index contributed by atoms with van der Waals surface area (Å²) in [6.45, 7) is 4.67. The average Bonchev–Trinajstić information content (AvgIpc) is 2.36. The van der Waals surface area contributed by atoms with Crippen LogP contribution in [0, 0.1) is 0 Å². The maximum absolute atomic E-state index is 12.2. The Bertz CT molecular complexity index is 323. The molecule has 3 N–H and O–H groups in total. The van der Waals surface area contributed by atoms with Gasteiger partial charge in [0.25, 0.3) is 0 Å². The first kappa shape index (κ1) is 15.9. The second-order valence-electron chi connectivity index (χ2n) is 5.36. The Balaban J connectivity index is 2.41. The molecule has 6 heteroatoms. The summed E-state index contributed by atoms with van der Waals surface area (Å²) in [7, 11) is 0. The molecule has 1 atom stereocenters. The van der Waals surface area contributed by atoms with Gasteiger partial charge in [0.2, 0.25) is 5.91 Å². The summed E-state index contributed by atoms with van der Waals surface area (Å²) in [6, 6.07) is 0. The van der Waals surface area contributed by atoms with Gasteiger partial charge >= 0.3 is 5.97 Å². The number of nitrogens with zero attached hydrogens (tertiary/aromatic N) is 1. The zero-order valence-corrected chi connectivity index (χ0v) is 11.7. The van der Waals surface area contributed by atoms with E-state index in [1.165, 1.54) is 0 Å². The van der Waals surface area contributed by atoms with Crippen molar-refractivity contribution >= 4 is 11.9 Å². The summed E-state index contributed by atoms with van der Waals surface area (Å²) in [5.74, 6) is -0.984. The minimum atomic E-state index is -0.962. The lowest BCUT2D eigenvalue weighted by Crippen LogP contribution is -2.55. The van der Waals surface area contributed by atoms with Crippen LogP contribution in [0.2, 0.25) is 0 Å². The molecule has 1 aliphatic rings. The van der Waals surface area contributed by atoms with E-state index in [1.807, 2.05) is 6.92 Å². The SMILES string of the molecule is CCCC(C)(N)C(=O)N1CCC(OCC(=O)O)CC1. The van der Waals surface area contributed by atoms with Crippen molar-refractivity contribution < 1.29 is 19.4 Å². The third-order valence-electron chi connectivity index (χ3n) is 3.43. The van der Waals surface area contributed by atoms with Crippen LogP contribution in [-0.4, -0.2) is 53.2 Å². The average molecular weight is 272 g/mol. The van der Waals surface area contributed by atoms with Crippen molar-refractivity contribution in [1.29, 1.82) is 0 Å². The molecule has 6 nitrogen and oxygen atoms in total. The summed E-state index contributed by atoms with van der Waals surface area (Å²) in [6.07, 6.45) is 2.80. The van der Waals surface area contributed by atoms with E-state index < -0.39 is 11.5 Å². The molecule has 0 saturated carbocycles. The Morgan fingerprint density at radius 2 is 2.00 bits per heavy atom. The van der Waals surface area contributed by atoms with Crippen molar-refractivity contribution in [2.24, 2.45) is 5.73 Å². The molecule has 0 radical (unpaired) electrons. The molecule has 0 aliphatic carbocycles. The van der Waals surface area contributed by atoms with Crippen molar-refractivity contribution in [3.63, 3.8) is 0 Å². The minimum absolute atomic E-state index is 0.0222. The molecule has 1 amide bonds. The van der Waals surface area contributed by atoms with E-state index in [0.29, 0.717) is 32.4 Å². The standard InChI is InChI=1S/C13H24N2O4/c1-3-6-13(2,14)12(18)15-7-4-10(5-8-15)19-9-11(16)17/h10H,3-9,14H2,1-2H3,(H,16,17). The molecule has 19 heavy (non-hydrogen) atoms. The lowest BCUT2D eigenvalue weighted by molar-refractivity contribution is -0.147. The Labute approximate surface area is 113 Å². The van der Waals surface area contributed by atoms with Gasteiger partial charge in [-0.1, -0.05) is 13.3 Å². The first-order valence-corrected chi connectivity index (χ1v) is 6.78. The Morgan fingerprint density at radius 1 is 1.42 bits per heavy atom. The van der Waals surface area contributed by atoms with Crippen LogP contribution < -0.4 is 5.73 Å². The van der Waals surface area contributed by atoms with E-state index >= 15 is 0 Å². The second-order valence-corrected chi connectivity index (χ2v) is 5.36. The van der Waals surface area contributed by atoms with E-state index in [9.17, 15) is 9.59 Å². The number of carboxylic acids is 1. The quantitative estimate of drug-likeness (QED) is 0.738. The van der Waals surface area contributed by atoms with Gasteiger partial charge in [-0.3, -0.25) is 4.79 Å². The van der Waals surface area contributed by atoms with E-state index in [0.717, 1.165) is 6.42 Å². The van der Waals surface area contributed by atoms with Gasteiger partial charge in [0.15, 0.2) is 0 Å². The van der Waals surface area contributed by atoms with Crippen LogP contribution in [-0.2, 0) is 14.3 Å². The van der Waals surface area contributed by atoms with Crippen molar-refractivity contribution in [1.82, 2.24) is 4.90 Å². The zero-order valence-electron chi connectivity index (χ0n) is 11.7. The number of nitrogens with two attached hydrogens (primary N) is 1. The zero-order chi connectivity index (χ0) is 14.5. The molecule has 1 fully saturated rings. The molecule has 0 aromatic rings. The minimum Gasteiger partial charge on any atom is -0.480 e. The van der Waals surface area contributed by atoms with Gasteiger partial charge < -0.3 is 20.5 Å². The molecule has 0 aromatic carbocycles. The van der Waals surface area contributed by atoms with Gasteiger partial charge in [-0.15, -0.1) is 0 Å².